The fourth-order valence-corrected chi connectivity index (χ4v) is 3.38. The van der Waals surface area contributed by atoms with E-state index < -0.39 is 0 Å². The monoisotopic (exact) mass is 336 g/mol. The lowest BCUT2D eigenvalue weighted by Crippen LogP contribution is -2.28. The summed E-state index contributed by atoms with van der Waals surface area (Å²) in [6.07, 6.45) is 1.12. The van der Waals surface area contributed by atoms with Crippen LogP contribution in [-0.2, 0) is 16.0 Å². The highest BCUT2D eigenvalue weighted by molar-refractivity contribution is 6.04. The fourth-order valence-electron chi connectivity index (χ4n) is 3.38. The molecule has 1 N–H and O–H groups in total. The van der Waals surface area contributed by atoms with Crippen molar-refractivity contribution in [3.05, 3.63) is 59.2 Å². The molecule has 1 fully saturated rings. The van der Waals surface area contributed by atoms with Gasteiger partial charge < -0.3 is 10.2 Å². The Morgan fingerprint density at radius 3 is 2.68 bits per heavy atom. The maximum absolute atomic E-state index is 12.6. The second kappa shape index (κ2) is 7.09. The number of nitrogens with one attached hydrogen (secondary N) is 1. The predicted molar refractivity (Wildman–Crippen MR) is 101 cm³/mol. The molecule has 1 atom stereocenters. The lowest BCUT2D eigenvalue weighted by molar-refractivity contribution is -0.122. The van der Waals surface area contributed by atoms with Crippen molar-refractivity contribution in [3.8, 4) is 0 Å². The Labute approximate surface area is 148 Å². The molecule has 130 valence electrons. The van der Waals surface area contributed by atoms with E-state index in [1.807, 2.05) is 56.3 Å². The van der Waals surface area contributed by atoms with Crippen molar-refractivity contribution >= 4 is 23.2 Å². The van der Waals surface area contributed by atoms with E-state index in [-0.39, 0.29) is 24.2 Å². The van der Waals surface area contributed by atoms with E-state index in [9.17, 15) is 9.59 Å². The zero-order valence-electron chi connectivity index (χ0n) is 15.0. The summed E-state index contributed by atoms with van der Waals surface area (Å²) in [6, 6.07) is 13.8. The van der Waals surface area contributed by atoms with Crippen LogP contribution in [0.25, 0.3) is 0 Å². The number of amides is 2. The molecule has 0 bridgehead atoms. The van der Waals surface area contributed by atoms with Gasteiger partial charge >= 0.3 is 0 Å². The first kappa shape index (κ1) is 17.2. The Hall–Kier alpha value is -2.62. The molecule has 1 aliphatic rings. The second-order valence-electron chi connectivity index (χ2n) is 6.70. The summed E-state index contributed by atoms with van der Waals surface area (Å²) in [5.41, 5.74) is 5.07. The van der Waals surface area contributed by atoms with Crippen LogP contribution in [0.4, 0.5) is 11.4 Å². The molecule has 1 aliphatic heterocycles. The largest absolute Gasteiger partial charge is 0.326 e. The molecule has 0 saturated carbocycles. The predicted octanol–water partition coefficient (Wildman–Crippen LogP) is 3.86. The van der Waals surface area contributed by atoms with E-state index in [1.54, 1.807) is 4.90 Å². The summed E-state index contributed by atoms with van der Waals surface area (Å²) in [5, 5.41) is 2.98. The van der Waals surface area contributed by atoms with Crippen molar-refractivity contribution in [2.45, 2.75) is 33.6 Å². The van der Waals surface area contributed by atoms with Gasteiger partial charge in [0.1, 0.15) is 0 Å². The van der Waals surface area contributed by atoms with Gasteiger partial charge in [-0.15, -0.1) is 0 Å². The number of benzene rings is 2. The normalized spacial score (nSPS) is 17.0. The van der Waals surface area contributed by atoms with Crippen LogP contribution < -0.4 is 10.2 Å². The number of nitrogens with zero attached hydrogens (tertiary/aromatic N) is 1. The number of hydrogen-bond acceptors (Lipinski definition) is 2. The molecule has 1 heterocycles. The SMILES string of the molecule is CCc1ccccc1N1C[C@H](C(=O)Nc2ccc(C)cc2C)CC1=O. The highest BCUT2D eigenvalue weighted by Crippen LogP contribution is 2.29. The Balaban J connectivity index is 1.74. The smallest absolute Gasteiger partial charge is 0.229 e. The van der Waals surface area contributed by atoms with Crippen molar-refractivity contribution in [3.63, 3.8) is 0 Å². The molecule has 4 nitrogen and oxygen atoms in total. The maximum Gasteiger partial charge on any atom is 0.229 e. The van der Waals surface area contributed by atoms with E-state index in [4.69, 9.17) is 0 Å². The Morgan fingerprint density at radius 1 is 1.20 bits per heavy atom. The van der Waals surface area contributed by atoms with Crippen LogP contribution in [0.3, 0.4) is 0 Å². The third kappa shape index (κ3) is 3.58. The number of rotatable bonds is 4. The molecule has 3 rings (SSSR count). The van der Waals surface area contributed by atoms with E-state index in [0.717, 1.165) is 34.5 Å². The lowest BCUT2D eigenvalue weighted by Gasteiger charge is -2.20. The maximum atomic E-state index is 12.6. The van der Waals surface area contributed by atoms with E-state index in [2.05, 4.69) is 12.2 Å². The minimum Gasteiger partial charge on any atom is -0.326 e. The summed E-state index contributed by atoms with van der Waals surface area (Å²) in [5.74, 6) is -0.392. The number of anilines is 2. The molecular formula is C21H24N2O2. The summed E-state index contributed by atoms with van der Waals surface area (Å²) in [6.45, 7) is 6.51. The van der Waals surface area contributed by atoms with Crippen molar-refractivity contribution in [1.29, 1.82) is 0 Å². The summed E-state index contributed by atoms with van der Waals surface area (Å²) in [4.78, 5) is 26.9. The highest BCUT2D eigenvalue weighted by Gasteiger charge is 2.35. The van der Waals surface area contributed by atoms with Crippen LogP contribution in [0.15, 0.2) is 42.5 Å². The van der Waals surface area contributed by atoms with Crippen LogP contribution in [0.2, 0.25) is 0 Å². The first-order valence-electron chi connectivity index (χ1n) is 8.76. The van der Waals surface area contributed by atoms with Crippen molar-refractivity contribution in [2.75, 3.05) is 16.8 Å². The standard InChI is InChI=1S/C21H24N2O2/c1-4-16-7-5-6-8-19(16)23-13-17(12-20(23)24)21(25)22-18-10-9-14(2)11-15(18)3/h5-11,17H,4,12-13H2,1-3H3,(H,22,25)/t17-/m1/s1. The fraction of sp³-hybridized carbons (Fsp3) is 0.333. The van der Waals surface area contributed by atoms with Gasteiger partial charge in [0.15, 0.2) is 0 Å². The van der Waals surface area contributed by atoms with E-state index in [1.165, 1.54) is 0 Å². The number of carbonyl (C=O) groups excluding carboxylic acids is 2. The molecule has 0 aliphatic carbocycles. The zero-order chi connectivity index (χ0) is 18.0. The molecular weight excluding hydrogens is 312 g/mol. The molecule has 0 unspecified atom stereocenters. The number of hydrogen-bond donors (Lipinski definition) is 1. The zero-order valence-corrected chi connectivity index (χ0v) is 15.0. The third-order valence-electron chi connectivity index (χ3n) is 4.80. The molecule has 2 aromatic carbocycles. The van der Waals surface area contributed by atoms with Crippen LogP contribution in [0.1, 0.15) is 30.0 Å². The van der Waals surface area contributed by atoms with Gasteiger partial charge in [0, 0.05) is 24.3 Å². The molecule has 25 heavy (non-hydrogen) atoms. The summed E-state index contributed by atoms with van der Waals surface area (Å²) in [7, 11) is 0. The summed E-state index contributed by atoms with van der Waals surface area (Å²) < 4.78 is 0. The Morgan fingerprint density at radius 2 is 1.96 bits per heavy atom. The van der Waals surface area contributed by atoms with Crippen molar-refractivity contribution in [2.24, 2.45) is 5.92 Å². The first-order valence-corrected chi connectivity index (χ1v) is 8.76. The lowest BCUT2D eigenvalue weighted by atomic mass is 10.1. The number of carbonyl (C=O) groups is 2. The van der Waals surface area contributed by atoms with Gasteiger partial charge in [-0.3, -0.25) is 9.59 Å². The van der Waals surface area contributed by atoms with Gasteiger partial charge in [-0.05, 0) is 43.5 Å². The average molecular weight is 336 g/mol. The van der Waals surface area contributed by atoms with E-state index in [0.29, 0.717) is 6.54 Å². The third-order valence-corrected chi connectivity index (χ3v) is 4.80. The molecule has 4 heteroatoms. The Kier molecular flexibility index (Phi) is 4.88. The topological polar surface area (TPSA) is 49.4 Å². The molecule has 2 amide bonds. The average Bonchev–Trinajstić information content (AvgIpc) is 2.99. The minimum atomic E-state index is -0.321. The molecule has 0 aromatic heterocycles. The van der Waals surface area contributed by atoms with Gasteiger partial charge in [0.25, 0.3) is 0 Å². The van der Waals surface area contributed by atoms with E-state index >= 15 is 0 Å². The minimum absolute atomic E-state index is 0.0154. The Bertz CT molecular complexity index is 813. The molecule has 0 spiro atoms. The van der Waals surface area contributed by atoms with Crippen LogP contribution >= 0.6 is 0 Å². The van der Waals surface area contributed by atoms with Gasteiger partial charge in [-0.2, -0.15) is 0 Å². The van der Waals surface area contributed by atoms with Crippen molar-refractivity contribution < 1.29 is 9.59 Å². The molecule has 1 saturated heterocycles. The molecule has 2 aromatic rings. The van der Waals surface area contributed by atoms with Gasteiger partial charge in [0.05, 0.1) is 5.92 Å². The van der Waals surface area contributed by atoms with Gasteiger partial charge in [-0.1, -0.05) is 42.8 Å². The van der Waals surface area contributed by atoms with Gasteiger partial charge in [0.2, 0.25) is 11.8 Å². The van der Waals surface area contributed by atoms with Crippen LogP contribution in [0, 0.1) is 19.8 Å². The number of aryl methyl sites for hydroxylation is 3. The summed E-state index contributed by atoms with van der Waals surface area (Å²) >= 11 is 0. The van der Waals surface area contributed by atoms with Crippen LogP contribution in [-0.4, -0.2) is 18.4 Å². The quantitative estimate of drug-likeness (QED) is 0.922. The van der Waals surface area contributed by atoms with Gasteiger partial charge in [-0.25, -0.2) is 0 Å². The number of para-hydroxylation sites is 1. The second-order valence-corrected chi connectivity index (χ2v) is 6.70. The van der Waals surface area contributed by atoms with Crippen molar-refractivity contribution in [1.82, 2.24) is 0 Å². The molecule has 0 radical (unpaired) electrons. The van der Waals surface area contributed by atoms with Crippen LogP contribution in [0.5, 0.6) is 0 Å². The highest BCUT2D eigenvalue weighted by atomic mass is 16.2. The first-order chi connectivity index (χ1) is 12.0.